The molecule has 2 N–H and O–H groups in total. The summed E-state index contributed by atoms with van der Waals surface area (Å²) < 4.78 is 0. The Morgan fingerprint density at radius 3 is 2.56 bits per heavy atom. The smallest absolute Gasteiger partial charge is 0.0225 e. The van der Waals surface area contributed by atoms with E-state index in [0.29, 0.717) is 0 Å². The van der Waals surface area contributed by atoms with Gasteiger partial charge in [0.2, 0.25) is 0 Å². The standard InChI is InChI=1S/C7H13NS/c1-3-5-7(9)6(8)4-2/h3,5,9H,4,8H2,1-2H3/b5-3-,7-6-. The van der Waals surface area contributed by atoms with Crippen LogP contribution < -0.4 is 5.73 Å². The van der Waals surface area contributed by atoms with E-state index in [1.54, 1.807) is 0 Å². The van der Waals surface area contributed by atoms with Gasteiger partial charge in [0.1, 0.15) is 0 Å². The van der Waals surface area contributed by atoms with E-state index < -0.39 is 0 Å². The molecule has 0 aromatic carbocycles. The fourth-order valence-corrected chi connectivity index (χ4v) is 0.753. The first-order chi connectivity index (χ1) is 4.22. The second kappa shape index (κ2) is 4.50. The molecule has 2 heteroatoms. The monoisotopic (exact) mass is 143 g/mol. The molecule has 0 aromatic rings. The minimum Gasteiger partial charge on any atom is -0.401 e. The fourth-order valence-electron chi connectivity index (χ4n) is 0.446. The molecule has 0 fully saturated rings. The van der Waals surface area contributed by atoms with Crippen molar-refractivity contribution in [2.75, 3.05) is 0 Å². The van der Waals surface area contributed by atoms with Crippen LogP contribution in [0.5, 0.6) is 0 Å². The van der Waals surface area contributed by atoms with Gasteiger partial charge in [-0.25, -0.2) is 0 Å². The Morgan fingerprint density at radius 2 is 2.22 bits per heavy atom. The van der Waals surface area contributed by atoms with E-state index in [2.05, 4.69) is 12.6 Å². The van der Waals surface area contributed by atoms with Gasteiger partial charge in [-0.2, -0.15) is 0 Å². The van der Waals surface area contributed by atoms with Gasteiger partial charge in [-0.3, -0.25) is 0 Å². The van der Waals surface area contributed by atoms with Gasteiger partial charge in [0.25, 0.3) is 0 Å². The van der Waals surface area contributed by atoms with Crippen molar-refractivity contribution >= 4 is 12.6 Å². The highest BCUT2D eigenvalue weighted by Gasteiger charge is 1.88. The number of allylic oxidation sites excluding steroid dienone is 3. The fraction of sp³-hybridized carbons (Fsp3) is 0.429. The SMILES string of the molecule is C/C=C\C(S)=C(\N)CC. The van der Waals surface area contributed by atoms with E-state index in [1.165, 1.54) is 0 Å². The number of nitrogens with two attached hydrogens (primary N) is 1. The highest BCUT2D eigenvalue weighted by atomic mass is 32.1. The highest BCUT2D eigenvalue weighted by molar-refractivity contribution is 7.84. The van der Waals surface area contributed by atoms with E-state index in [4.69, 9.17) is 5.73 Å². The number of hydrogen-bond acceptors (Lipinski definition) is 2. The lowest BCUT2D eigenvalue weighted by Gasteiger charge is -1.96. The van der Waals surface area contributed by atoms with Crippen LogP contribution in [0.15, 0.2) is 22.8 Å². The topological polar surface area (TPSA) is 26.0 Å². The van der Waals surface area contributed by atoms with E-state index in [9.17, 15) is 0 Å². The summed E-state index contributed by atoms with van der Waals surface area (Å²) >= 11 is 4.15. The van der Waals surface area contributed by atoms with Crippen molar-refractivity contribution in [3.63, 3.8) is 0 Å². The number of hydrogen-bond donors (Lipinski definition) is 2. The summed E-state index contributed by atoms with van der Waals surface area (Å²) in [4.78, 5) is 0.875. The molecule has 52 valence electrons. The molecule has 0 aliphatic carbocycles. The van der Waals surface area contributed by atoms with Gasteiger partial charge in [0.05, 0.1) is 0 Å². The lowest BCUT2D eigenvalue weighted by atomic mass is 10.3. The molecule has 0 aliphatic heterocycles. The van der Waals surface area contributed by atoms with Gasteiger partial charge in [0, 0.05) is 10.6 Å². The molecular formula is C7H13NS. The van der Waals surface area contributed by atoms with Crippen LogP contribution in [0.25, 0.3) is 0 Å². The molecule has 0 saturated heterocycles. The van der Waals surface area contributed by atoms with Crippen LogP contribution in [0.1, 0.15) is 20.3 Å². The van der Waals surface area contributed by atoms with Gasteiger partial charge < -0.3 is 5.73 Å². The summed E-state index contributed by atoms with van der Waals surface area (Å²) in [5, 5.41) is 0. The molecule has 0 aromatic heterocycles. The molecule has 0 rings (SSSR count). The summed E-state index contributed by atoms with van der Waals surface area (Å²) in [6.45, 7) is 3.95. The van der Waals surface area contributed by atoms with Crippen LogP contribution in [0.2, 0.25) is 0 Å². The molecule has 0 bridgehead atoms. The molecule has 0 aliphatic rings. The maximum Gasteiger partial charge on any atom is 0.0225 e. The minimum absolute atomic E-state index is 0.844. The van der Waals surface area contributed by atoms with Gasteiger partial charge in [-0.05, 0) is 13.3 Å². The molecule has 9 heavy (non-hydrogen) atoms. The molecule has 0 saturated carbocycles. The molecule has 0 radical (unpaired) electrons. The lowest BCUT2D eigenvalue weighted by Crippen LogP contribution is -1.95. The maximum atomic E-state index is 5.55. The van der Waals surface area contributed by atoms with Crippen molar-refractivity contribution in [3.8, 4) is 0 Å². The third kappa shape index (κ3) is 3.25. The first-order valence-corrected chi connectivity index (χ1v) is 3.47. The van der Waals surface area contributed by atoms with E-state index in [0.717, 1.165) is 17.0 Å². The van der Waals surface area contributed by atoms with Gasteiger partial charge in [0.15, 0.2) is 0 Å². The average Bonchev–Trinajstić information content (AvgIpc) is 1.87. The number of rotatable bonds is 2. The Balaban J connectivity index is 4.10. The molecule has 0 heterocycles. The summed E-state index contributed by atoms with van der Waals surface area (Å²) in [6, 6.07) is 0. The Labute approximate surface area is 62.0 Å². The van der Waals surface area contributed by atoms with Crippen molar-refractivity contribution < 1.29 is 0 Å². The molecule has 1 nitrogen and oxygen atoms in total. The van der Waals surface area contributed by atoms with Crippen molar-refractivity contribution in [2.24, 2.45) is 5.73 Å². The Morgan fingerprint density at radius 1 is 1.67 bits per heavy atom. The molecule has 0 amide bonds. The lowest BCUT2D eigenvalue weighted by molar-refractivity contribution is 1.06. The zero-order valence-electron chi connectivity index (χ0n) is 5.89. The Kier molecular flexibility index (Phi) is 4.32. The van der Waals surface area contributed by atoms with Crippen molar-refractivity contribution in [3.05, 3.63) is 22.8 Å². The zero-order chi connectivity index (χ0) is 7.28. The summed E-state index contributed by atoms with van der Waals surface area (Å²) in [7, 11) is 0. The molecule has 0 unspecified atom stereocenters. The van der Waals surface area contributed by atoms with Crippen LogP contribution in [-0.4, -0.2) is 0 Å². The van der Waals surface area contributed by atoms with Gasteiger partial charge >= 0.3 is 0 Å². The van der Waals surface area contributed by atoms with Crippen LogP contribution >= 0.6 is 12.6 Å². The first kappa shape index (κ1) is 8.63. The predicted molar refractivity (Wildman–Crippen MR) is 45.3 cm³/mol. The maximum absolute atomic E-state index is 5.55. The second-order valence-electron chi connectivity index (χ2n) is 1.76. The molecule has 0 spiro atoms. The minimum atomic E-state index is 0.844. The molecule has 0 atom stereocenters. The Hall–Kier alpha value is -0.370. The largest absolute Gasteiger partial charge is 0.401 e. The molecular weight excluding hydrogens is 130 g/mol. The summed E-state index contributed by atoms with van der Waals surface area (Å²) in [5.41, 5.74) is 6.40. The van der Waals surface area contributed by atoms with Crippen LogP contribution in [0, 0.1) is 0 Å². The normalized spacial score (nSPS) is 14.1. The predicted octanol–water partition coefficient (Wildman–Crippen LogP) is 2.07. The highest BCUT2D eigenvalue weighted by Crippen LogP contribution is 2.07. The van der Waals surface area contributed by atoms with E-state index in [1.807, 2.05) is 26.0 Å². The first-order valence-electron chi connectivity index (χ1n) is 3.02. The summed E-state index contributed by atoms with van der Waals surface area (Å²) in [6.07, 6.45) is 4.68. The van der Waals surface area contributed by atoms with E-state index >= 15 is 0 Å². The van der Waals surface area contributed by atoms with Crippen molar-refractivity contribution in [2.45, 2.75) is 20.3 Å². The van der Waals surface area contributed by atoms with Crippen molar-refractivity contribution in [1.29, 1.82) is 0 Å². The second-order valence-corrected chi connectivity index (χ2v) is 2.25. The number of thiol groups is 1. The Bertz CT molecular complexity index is 136. The van der Waals surface area contributed by atoms with Crippen molar-refractivity contribution in [1.82, 2.24) is 0 Å². The van der Waals surface area contributed by atoms with Gasteiger partial charge in [-0.1, -0.05) is 19.1 Å². The summed E-state index contributed by atoms with van der Waals surface area (Å²) in [5.74, 6) is 0. The van der Waals surface area contributed by atoms with Crippen LogP contribution in [0.4, 0.5) is 0 Å². The average molecular weight is 143 g/mol. The quantitative estimate of drug-likeness (QED) is 0.449. The third-order valence-corrected chi connectivity index (χ3v) is 1.47. The van der Waals surface area contributed by atoms with Gasteiger partial charge in [-0.15, -0.1) is 12.6 Å². The zero-order valence-corrected chi connectivity index (χ0v) is 6.78. The van der Waals surface area contributed by atoms with E-state index in [-0.39, 0.29) is 0 Å². The van der Waals surface area contributed by atoms with Crippen LogP contribution in [0.3, 0.4) is 0 Å². The van der Waals surface area contributed by atoms with Crippen LogP contribution in [-0.2, 0) is 0 Å². The third-order valence-electron chi connectivity index (χ3n) is 1.03.